The van der Waals surface area contributed by atoms with Gasteiger partial charge in [0.05, 0.1) is 6.54 Å². The zero-order valence-electron chi connectivity index (χ0n) is 16.3. The van der Waals surface area contributed by atoms with Crippen LogP contribution in [0.3, 0.4) is 0 Å². The quantitative estimate of drug-likeness (QED) is 0.702. The molecule has 2 unspecified atom stereocenters. The van der Waals surface area contributed by atoms with Crippen LogP contribution in [0.25, 0.3) is 0 Å². The zero-order valence-corrected chi connectivity index (χ0v) is 17.1. The van der Waals surface area contributed by atoms with E-state index in [1.807, 2.05) is 12.1 Å². The molecule has 0 radical (unpaired) electrons. The average Bonchev–Trinajstić information content (AvgIpc) is 3.19. The summed E-state index contributed by atoms with van der Waals surface area (Å²) in [4.78, 5) is 28.1. The van der Waals surface area contributed by atoms with Gasteiger partial charge in [-0.2, -0.15) is 0 Å². The number of hydrogen-bond acceptors (Lipinski definition) is 4. The molecule has 0 aliphatic carbocycles. The van der Waals surface area contributed by atoms with E-state index in [1.165, 1.54) is 5.56 Å². The molecule has 3 aliphatic rings. The number of nitrogens with one attached hydrogen (secondary N) is 1. The standard InChI is InChI=1S/C21H29N3O3.ClH/c25-20-15-23(21(26)18-7-5-13-24(18)20)12-4-3-11-22-14-17-10-9-16-6-1-2-8-19(16)27-17;/h1-2,6,8,17-18,22H,3-5,7,9-15H2;1H. The van der Waals surface area contributed by atoms with Crippen molar-refractivity contribution in [1.29, 1.82) is 0 Å². The Morgan fingerprint density at radius 2 is 2.00 bits per heavy atom. The fraction of sp³-hybridized carbons (Fsp3) is 0.619. The van der Waals surface area contributed by atoms with Crippen molar-refractivity contribution in [3.63, 3.8) is 0 Å². The first-order valence-corrected chi connectivity index (χ1v) is 10.3. The summed E-state index contributed by atoms with van der Waals surface area (Å²) in [6.45, 7) is 3.46. The average molecular weight is 408 g/mol. The highest BCUT2D eigenvalue weighted by atomic mass is 35.5. The van der Waals surface area contributed by atoms with Gasteiger partial charge in [0.25, 0.3) is 0 Å². The minimum atomic E-state index is -0.185. The molecule has 0 saturated carbocycles. The zero-order chi connectivity index (χ0) is 18.6. The number of rotatable bonds is 7. The highest BCUT2D eigenvalue weighted by molar-refractivity contribution is 5.95. The Morgan fingerprint density at radius 3 is 2.89 bits per heavy atom. The second kappa shape index (κ2) is 9.61. The van der Waals surface area contributed by atoms with Gasteiger partial charge < -0.3 is 19.9 Å². The molecule has 1 aromatic rings. The summed E-state index contributed by atoms with van der Waals surface area (Å²) < 4.78 is 6.04. The van der Waals surface area contributed by atoms with Crippen LogP contribution in [0.15, 0.2) is 24.3 Å². The first-order valence-electron chi connectivity index (χ1n) is 10.3. The van der Waals surface area contributed by atoms with Gasteiger partial charge in [0.15, 0.2) is 0 Å². The van der Waals surface area contributed by atoms with Gasteiger partial charge in [0, 0.05) is 19.6 Å². The van der Waals surface area contributed by atoms with Crippen molar-refractivity contribution in [2.24, 2.45) is 0 Å². The maximum Gasteiger partial charge on any atom is 0.245 e. The van der Waals surface area contributed by atoms with Crippen LogP contribution in [0.5, 0.6) is 5.75 Å². The molecule has 2 fully saturated rings. The van der Waals surface area contributed by atoms with Crippen LogP contribution >= 0.6 is 12.4 Å². The molecule has 3 heterocycles. The van der Waals surface area contributed by atoms with Crippen LogP contribution in [0.4, 0.5) is 0 Å². The van der Waals surface area contributed by atoms with Crippen LogP contribution < -0.4 is 10.1 Å². The number of fused-ring (bicyclic) bond motifs is 2. The molecule has 2 amide bonds. The van der Waals surface area contributed by atoms with Gasteiger partial charge in [-0.1, -0.05) is 18.2 Å². The normalized spacial score (nSPS) is 23.7. The number of aryl methyl sites for hydroxylation is 1. The Labute approximate surface area is 173 Å². The van der Waals surface area contributed by atoms with Gasteiger partial charge >= 0.3 is 0 Å². The van der Waals surface area contributed by atoms with Gasteiger partial charge in [0.2, 0.25) is 11.8 Å². The Bertz CT molecular complexity index is 699. The third-order valence-electron chi connectivity index (χ3n) is 5.90. The van der Waals surface area contributed by atoms with Gasteiger partial charge in [-0.15, -0.1) is 12.4 Å². The summed E-state index contributed by atoms with van der Waals surface area (Å²) in [5.41, 5.74) is 1.30. The number of hydrogen-bond donors (Lipinski definition) is 1. The lowest BCUT2D eigenvalue weighted by molar-refractivity contribution is -0.153. The monoisotopic (exact) mass is 407 g/mol. The van der Waals surface area contributed by atoms with E-state index in [2.05, 4.69) is 17.4 Å². The van der Waals surface area contributed by atoms with E-state index in [0.29, 0.717) is 6.54 Å². The molecule has 3 aliphatic heterocycles. The summed E-state index contributed by atoms with van der Waals surface area (Å²) in [6, 6.07) is 8.08. The Kier molecular flexibility index (Phi) is 7.18. The molecule has 4 rings (SSSR count). The van der Waals surface area contributed by atoms with Crippen molar-refractivity contribution < 1.29 is 14.3 Å². The van der Waals surface area contributed by atoms with E-state index in [0.717, 1.165) is 63.9 Å². The highest BCUT2D eigenvalue weighted by Crippen LogP contribution is 2.27. The third kappa shape index (κ3) is 4.61. The minimum absolute atomic E-state index is 0. The second-order valence-corrected chi connectivity index (χ2v) is 7.80. The first-order chi connectivity index (χ1) is 13.2. The summed E-state index contributed by atoms with van der Waals surface area (Å²) in [6.07, 6.45) is 6.05. The minimum Gasteiger partial charge on any atom is -0.489 e. The van der Waals surface area contributed by atoms with Crippen LogP contribution in [0.2, 0.25) is 0 Å². The van der Waals surface area contributed by atoms with E-state index in [9.17, 15) is 9.59 Å². The predicted molar refractivity (Wildman–Crippen MR) is 110 cm³/mol. The van der Waals surface area contributed by atoms with Gasteiger partial charge in [0.1, 0.15) is 17.9 Å². The maximum atomic E-state index is 12.5. The molecule has 0 aromatic heterocycles. The molecule has 7 heteroatoms. The molecule has 1 aromatic carbocycles. The van der Waals surface area contributed by atoms with Crippen molar-refractivity contribution in [3.8, 4) is 5.75 Å². The van der Waals surface area contributed by atoms with E-state index in [-0.39, 0.29) is 42.9 Å². The summed E-state index contributed by atoms with van der Waals surface area (Å²) >= 11 is 0. The lowest BCUT2D eigenvalue weighted by Gasteiger charge is -2.36. The van der Waals surface area contributed by atoms with E-state index >= 15 is 0 Å². The predicted octanol–water partition coefficient (Wildman–Crippen LogP) is 2.00. The maximum absolute atomic E-state index is 12.5. The van der Waals surface area contributed by atoms with Crippen molar-refractivity contribution in [3.05, 3.63) is 29.8 Å². The van der Waals surface area contributed by atoms with E-state index in [1.54, 1.807) is 9.80 Å². The molecule has 28 heavy (non-hydrogen) atoms. The third-order valence-corrected chi connectivity index (χ3v) is 5.90. The molecule has 6 nitrogen and oxygen atoms in total. The first kappa shape index (κ1) is 20.9. The topological polar surface area (TPSA) is 61.9 Å². The van der Waals surface area contributed by atoms with Crippen molar-refractivity contribution in [1.82, 2.24) is 15.1 Å². The largest absolute Gasteiger partial charge is 0.489 e. The molecular weight excluding hydrogens is 378 g/mol. The van der Waals surface area contributed by atoms with Gasteiger partial charge in [-0.3, -0.25) is 9.59 Å². The number of amides is 2. The lowest BCUT2D eigenvalue weighted by Crippen LogP contribution is -2.57. The van der Waals surface area contributed by atoms with Crippen molar-refractivity contribution in [2.75, 3.05) is 32.7 Å². The molecule has 0 bridgehead atoms. The number of nitrogens with zero attached hydrogens (tertiary/aromatic N) is 2. The van der Waals surface area contributed by atoms with E-state index < -0.39 is 0 Å². The summed E-state index contributed by atoms with van der Waals surface area (Å²) in [7, 11) is 0. The molecule has 1 N–H and O–H groups in total. The van der Waals surface area contributed by atoms with Crippen LogP contribution in [-0.2, 0) is 16.0 Å². The number of ether oxygens (including phenoxy) is 1. The summed E-state index contributed by atoms with van der Waals surface area (Å²) in [5, 5.41) is 3.48. The molecular formula is C21H30ClN3O3. The number of carbonyl (C=O) groups is 2. The number of piperazine rings is 1. The second-order valence-electron chi connectivity index (χ2n) is 7.80. The fourth-order valence-electron chi connectivity index (χ4n) is 4.39. The van der Waals surface area contributed by atoms with Gasteiger partial charge in [-0.05, 0) is 56.7 Å². The lowest BCUT2D eigenvalue weighted by atomic mass is 10.0. The number of benzene rings is 1. The molecule has 2 atom stereocenters. The Balaban J connectivity index is 0.00000225. The Morgan fingerprint density at radius 1 is 1.14 bits per heavy atom. The molecule has 2 saturated heterocycles. The number of halogens is 1. The van der Waals surface area contributed by atoms with Crippen LogP contribution in [0, 0.1) is 0 Å². The number of para-hydroxylation sites is 1. The number of unbranched alkanes of at least 4 members (excludes halogenated alkanes) is 1. The van der Waals surface area contributed by atoms with Gasteiger partial charge in [-0.25, -0.2) is 0 Å². The van der Waals surface area contributed by atoms with Crippen molar-refractivity contribution in [2.45, 2.75) is 50.7 Å². The fourth-order valence-corrected chi connectivity index (χ4v) is 4.39. The van der Waals surface area contributed by atoms with Crippen LogP contribution in [-0.4, -0.2) is 66.5 Å². The van der Waals surface area contributed by atoms with E-state index in [4.69, 9.17) is 4.74 Å². The molecule has 0 spiro atoms. The number of carbonyl (C=O) groups excluding carboxylic acids is 2. The smallest absolute Gasteiger partial charge is 0.245 e. The van der Waals surface area contributed by atoms with Crippen molar-refractivity contribution >= 4 is 24.2 Å². The molecule has 154 valence electrons. The summed E-state index contributed by atoms with van der Waals surface area (Å²) in [5.74, 6) is 1.28. The SMILES string of the molecule is Cl.O=C1C2CCCN2C(=O)CN1CCCCNCC1CCc2ccccc2O1. The highest BCUT2D eigenvalue weighted by Gasteiger charge is 2.41. The Hall–Kier alpha value is -1.79. The van der Waals surface area contributed by atoms with Crippen LogP contribution in [0.1, 0.15) is 37.7 Å².